The lowest BCUT2D eigenvalue weighted by Crippen LogP contribution is -1.95. The van der Waals surface area contributed by atoms with Crippen LogP contribution in [0.1, 0.15) is 0 Å². The van der Waals surface area contributed by atoms with Crippen LogP contribution in [0.5, 0.6) is 46.0 Å². The molecule has 0 aliphatic heterocycles. The molecule has 0 spiro atoms. The zero-order valence-corrected chi connectivity index (χ0v) is 27.4. The topological polar surface area (TPSA) is 175 Å². The van der Waals surface area contributed by atoms with Crippen molar-refractivity contribution in [2.24, 2.45) is 0 Å². The second kappa shape index (κ2) is 10.5. The van der Waals surface area contributed by atoms with Crippen molar-refractivity contribution >= 4 is 75.8 Å². The average molecular weight is 699 g/mol. The normalized spacial score (nSPS) is 12.0. The quantitative estimate of drug-likeness (QED) is 0.0378. The summed E-state index contributed by atoms with van der Waals surface area (Å²) in [6.07, 6.45) is 0. The number of benzene rings is 9. The van der Waals surface area contributed by atoms with Crippen molar-refractivity contribution in [3.05, 3.63) is 109 Å². The predicted molar refractivity (Wildman–Crippen MR) is 205 cm³/mol. The van der Waals surface area contributed by atoms with Crippen LogP contribution in [-0.4, -0.2) is 40.9 Å². The number of furan rings is 1. The van der Waals surface area contributed by atoms with Crippen LogP contribution in [-0.2, 0) is 0 Å². The van der Waals surface area contributed by atoms with Crippen molar-refractivity contribution in [3.8, 4) is 68.2 Å². The molecule has 8 N–H and O–H groups in total. The molecule has 9 heteroatoms. The van der Waals surface area contributed by atoms with E-state index in [1.807, 2.05) is 78.9 Å². The smallest absolute Gasteiger partial charge is 0.204 e. The van der Waals surface area contributed by atoms with Gasteiger partial charge in [-0.15, -0.1) is 0 Å². The Morgan fingerprint density at radius 1 is 0.321 bits per heavy atom. The van der Waals surface area contributed by atoms with E-state index in [0.29, 0.717) is 33.1 Å². The van der Waals surface area contributed by atoms with E-state index >= 15 is 0 Å². The van der Waals surface area contributed by atoms with Gasteiger partial charge in [-0.2, -0.15) is 0 Å². The number of hydrogen-bond acceptors (Lipinski definition) is 9. The molecule has 1 heterocycles. The first-order valence-corrected chi connectivity index (χ1v) is 16.6. The Hall–Kier alpha value is -7.52. The molecule has 9 nitrogen and oxygen atoms in total. The first-order chi connectivity index (χ1) is 25.6. The van der Waals surface area contributed by atoms with Crippen LogP contribution in [0.4, 0.5) is 0 Å². The predicted octanol–water partition coefficient (Wildman–Crippen LogP) is 10.3. The Labute approximate surface area is 297 Å². The van der Waals surface area contributed by atoms with Gasteiger partial charge in [0.2, 0.25) is 23.0 Å². The van der Waals surface area contributed by atoms with E-state index in [-0.39, 0.29) is 32.7 Å². The van der Waals surface area contributed by atoms with Gasteiger partial charge in [0, 0.05) is 43.4 Å². The number of aromatic hydroxyl groups is 8. The Balaban J connectivity index is 1.46. The highest BCUT2D eigenvalue weighted by Gasteiger charge is 2.33. The zero-order chi connectivity index (χ0) is 36.4. The molecule has 9 aromatic carbocycles. The van der Waals surface area contributed by atoms with Crippen molar-refractivity contribution < 1.29 is 45.3 Å². The van der Waals surface area contributed by atoms with Crippen LogP contribution in [0.2, 0.25) is 0 Å². The molecular weight excluding hydrogens is 672 g/mol. The summed E-state index contributed by atoms with van der Waals surface area (Å²) in [7, 11) is 0. The molecule has 1 aromatic heterocycles. The minimum atomic E-state index is -1.03. The second-order valence-corrected chi connectivity index (χ2v) is 13.2. The monoisotopic (exact) mass is 698 g/mol. The van der Waals surface area contributed by atoms with E-state index in [2.05, 4.69) is 0 Å². The van der Waals surface area contributed by atoms with E-state index in [1.165, 1.54) is 0 Å². The fraction of sp³-hybridized carbons (Fsp3) is 0. The van der Waals surface area contributed by atoms with Gasteiger partial charge >= 0.3 is 0 Å². The van der Waals surface area contributed by atoms with Gasteiger partial charge in [0.1, 0.15) is 11.2 Å². The molecule has 0 aliphatic carbocycles. The van der Waals surface area contributed by atoms with Crippen LogP contribution in [0.15, 0.2) is 114 Å². The molecule has 0 fully saturated rings. The van der Waals surface area contributed by atoms with E-state index in [0.717, 1.165) is 32.3 Å². The van der Waals surface area contributed by atoms with Crippen LogP contribution < -0.4 is 0 Å². The van der Waals surface area contributed by atoms with Gasteiger partial charge in [0.05, 0.1) is 0 Å². The lowest BCUT2D eigenvalue weighted by molar-refractivity contribution is 0.350. The summed E-state index contributed by atoms with van der Waals surface area (Å²) < 4.78 is 6.21. The summed E-state index contributed by atoms with van der Waals surface area (Å²) in [6.45, 7) is 0. The molecule has 0 saturated carbocycles. The number of phenols is 8. The Bertz CT molecular complexity index is 3190. The molecule has 0 atom stereocenters. The minimum absolute atomic E-state index is 0.00629. The lowest BCUT2D eigenvalue weighted by atomic mass is 9.82. The molecule has 0 radical (unpaired) electrons. The van der Waals surface area contributed by atoms with Gasteiger partial charge in [-0.3, -0.25) is 0 Å². The highest BCUT2D eigenvalue weighted by Crippen LogP contribution is 2.62. The van der Waals surface area contributed by atoms with E-state index in [1.54, 1.807) is 30.3 Å². The summed E-state index contributed by atoms with van der Waals surface area (Å²) in [5, 5.41) is 96.8. The Kier molecular flexibility index (Phi) is 6.01. The van der Waals surface area contributed by atoms with Crippen LogP contribution in [0.3, 0.4) is 0 Å². The third kappa shape index (κ3) is 3.95. The first-order valence-electron chi connectivity index (χ1n) is 16.6. The fourth-order valence-corrected chi connectivity index (χ4v) is 8.06. The second-order valence-electron chi connectivity index (χ2n) is 13.2. The maximum atomic E-state index is 11.8. The van der Waals surface area contributed by atoms with Gasteiger partial charge in [-0.1, -0.05) is 84.9 Å². The minimum Gasteiger partial charge on any atom is -0.504 e. The summed E-state index contributed by atoms with van der Waals surface area (Å²) in [6, 6.07) is 33.5. The van der Waals surface area contributed by atoms with Crippen molar-refractivity contribution in [1.82, 2.24) is 0 Å². The molecule has 10 rings (SSSR count). The van der Waals surface area contributed by atoms with Crippen molar-refractivity contribution in [1.29, 1.82) is 0 Å². The Morgan fingerprint density at radius 3 is 1.47 bits per heavy atom. The van der Waals surface area contributed by atoms with Crippen molar-refractivity contribution in [2.45, 2.75) is 0 Å². The van der Waals surface area contributed by atoms with Crippen LogP contribution >= 0.6 is 0 Å². The molecule has 0 unspecified atom stereocenters. The molecule has 0 saturated heterocycles. The van der Waals surface area contributed by atoms with E-state index in [9.17, 15) is 40.9 Å². The molecule has 0 bridgehead atoms. The summed E-state index contributed by atoms with van der Waals surface area (Å²) in [5.74, 6) is -7.46. The standard InChI is InChI=1S/C44H26O9/c45-37-33-31(23-14-15-28-26(17-23)27-16-21-7-1-2-8-22(21)18-29(27)53-28)34-36(40(48)44(52)42(50)38(34)46)32(35(33)39(47)43(51)41(37)49)25-11-5-9-20-13-12-19-6-3-4-10-24(19)30(20)25/h1-18,45-52H. The molecule has 53 heavy (non-hydrogen) atoms. The summed E-state index contributed by atoms with van der Waals surface area (Å²) in [5.41, 5.74) is 1.77. The number of fused-ring (bicyclic) bond motifs is 9. The highest BCUT2D eigenvalue weighted by atomic mass is 16.4. The van der Waals surface area contributed by atoms with Gasteiger partial charge in [-0.05, 0) is 67.7 Å². The highest BCUT2D eigenvalue weighted by molar-refractivity contribution is 6.32. The van der Waals surface area contributed by atoms with Crippen molar-refractivity contribution in [3.63, 3.8) is 0 Å². The molecular formula is C44H26O9. The third-order valence-corrected chi connectivity index (χ3v) is 10.5. The average Bonchev–Trinajstić information content (AvgIpc) is 3.54. The molecule has 0 amide bonds. The first kappa shape index (κ1) is 30.3. The number of rotatable bonds is 2. The summed E-state index contributed by atoms with van der Waals surface area (Å²) >= 11 is 0. The maximum Gasteiger partial charge on any atom is 0.204 e. The largest absolute Gasteiger partial charge is 0.504 e. The van der Waals surface area contributed by atoms with Gasteiger partial charge in [0.15, 0.2) is 23.0 Å². The SMILES string of the molecule is Oc1c(O)c(O)c2c(-c3cccc4ccc5ccccc5c34)c3c(O)c(O)c(O)c(O)c3c(-c3ccc4oc5cc6ccccc6cc5c4c3)c2c1O. The van der Waals surface area contributed by atoms with Crippen LogP contribution in [0.25, 0.3) is 98.1 Å². The van der Waals surface area contributed by atoms with Gasteiger partial charge in [-0.25, -0.2) is 0 Å². The number of phenolic OH excluding ortho intramolecular Hbond substituents is 8. The maximum absolute atomic E-state index is 11.8. The molecule has 10 aromatic rings. The fourth-order valence-electron chi connectivity index (χ4n) is 8.06. The Morgan fingerprint density at radius 2 is 0.830 bits per heavy atom. The molecule has 256 valence electrons. The van der Waals surface area contributed by atoms with E-state index in [4.69, 9.17) is 4.42 Å². The zero-order valence-electron chi connectivity index (χ0n) is 27.4. The van der Waals surface area contributed by atoms with E-state index < -0.39 is 46.0 Å². The van der Waals surface area contributed by atoms with Gasteiger partial charge < -0.3 is 45.3 Å². The number of hydrogen-bond donors (Lipinski definition) is 8. The lowest BCUT2D eigenvalue weighted by Gasteiger charge is -2.23. The molecule has 0 aliphatic rings. The van der Waals surface area contributed by atoms with Crippen molar-refractivity contribution in [2.75, 3.05) is 0 Å². The summed E-state index contributed by atoms with van der Waals surface area (Å²) in [4.78, 5) is 0. The van der Waals surface area contributed by atoms with Gasteiger partial charge in [0.25, 0.3) is 0 Å². The van der Waals surface area contributed by atoms with Crippen LogP contribution in [0, 0.1) is 0 Å². The third-order valence-electron chi connectivity index (χ3n) is 10.5.